The van der Waals surface area contributed by atoms with Crippen LogP contribution in [0.3, 0.4) is 0 Å². The first-order valence-corrected chi connectivity index (χ1v) is 8.16. The van der Waals surface area contributed by atoms with E-state index in [2.05, 4.69) is 33.8 Å². The number of hydrogen-bond acceptors (Lipinski definition) is 3. The predicted molar refractivity (Wildman–Crippen MR) is 115 cm³/mol. The van der Waals surface area contributed by atoms with Gasteiger partial charge < -0.3 is 20.1 Å². The first-order valence-electron chi connectivity index (χ1n) is 8.16. The quantitative estimate of drug-likeness (QED) is 0.290. The molecule has 0 amide bonds. The predicted octanol–water partition coefficient (Wildman–Crippen LogP) is 3.43. The van der Waals surface area contributed by atoms with Gasteiger partial charge in [-0.3, -0.25) is 4.99 Å². The summed E-state index contributed by atoms with van der Waals surface area (Å²) >= 11 is 0. The van der Waals surface area contributed by atoms with Crippen molar-refractivity contribution in [1.82, 2.24) is 10.6 Å². The largest absolute Gasteiger partial charge is 0.491 e. The van der Waals surface area contributed by atoms with Crippen molar-refractivity contribution in [2.75, 3.05) is 33.9 Å². The van der Waals surface area contributed by atoms with Gasteiger partial charge in [-0.25, -0.2) is 0 Å². The molecule has 138 valence electrons. The van der Waals surface area contributed by atoms with Gasteiger partial charge >= 0.3 is 0 Å². The topological polar surface area (TPSA) is 54.9 Å². The Morgan fingerprint density at radius 1 is 1.08 bits per heavy atom. The van der Waals surface area contributed by atoms with Crippen LogP contribution < -0.4 is 15.4 Å². The number of ether oxygens (including phenoxy) is 2. The number of halogens is 1. The smallest absolute Gasteiger partial charge is 0.191 e. The molecule has 0 aliphatic heterocycles. The maximum atomic E-state index is 5.91. The first kappa shape index (κ1) is 21.5. The van der Waals surface area contributed by atoms with E-state index >= 15 is 0 Å². The Bertz CT molecular complexity index is 684. The minimum atomic E-state index is -0.239. The van der Waals surface area contributed by atoms with Crippen molar-refractivity contribution in [3.05, 3.63) is 42.5 Å². The molecule has 0 heterocycles. The molecule has 5 nitrogen and oxygen atoms in total. The molecule has 0 saturated heterocycles. The van der Waals surface area contributed by atoms with E-state index in [1.54, 1.807) is 14.2 Å². The molecule has 6 heteroatoms. The van der Waals surface area contributed by atoms with Crippen molar-refractivity contribution in [2.24, 2.45) is 4.99 Å². The summed E-state index contributed by atoms with van der Waals surface area (Å²) in [5.41, 5.74) is -0.239. The molecule has 2 N–H and O–H groups in total. The molecule has 0 saturated carbocycles. The highest BCUT2D eigenvalue weighted by molar-refractivity contribution is 14.0. The van der Waals surface area contributed by atoms with Gasteiger partial charge in [0.2, 0.25) is 0 Å². The van der Waals surface area contributed by atoms with Gasteiger partial charge in [0.1, 0.15) is 12.4 Å². The summed E-state index contributed by atoms with van der Waals surface area (Å²) in [7, 11) is 3.45. The number of nitrogens with one attached hydrogen (secondary N) is 2. The zero-order valence-electron chi connectivity index (χ0n) is 15.3. The van der Waals surface area contributed by atoms with Crippen LogP contribution in [-0.2, 0) is 4.74 Å². The van der Waals surface area contributed by atoms with Crippen LogP contribution in [0.2, 0.25) is 0 Å². The molecule has 2 aromatic rings. The highest BCUT2D eigenvalue weighted by Gasteiger charge is 2.16. The Labute approximate surface area is 167 Å². The minimum absolute atomic E-state index is 0. The van der Waals surface area contributed by atoms with Crippen LogP contribution in [0.5, 0.6) is 5.75 Å². The Balaban J connectivity index is 0.00000312. The Kier molecular flexibility index (Phi) is 8.99. The first-order chi connectivity index (χ1) is 11.6. The van der Waals surface area contributed by atoms with E-state index in [-0.39, 0.29) is 29.6 Å². The molecule has 0 unspecified atom stereocenters. The Morgan fingerprint density at radius 3 is 2.52 bits per heavy atom. The maximum absolute atomic E-state index is 5.91. The molecular weight excluding hydrogens is 429 g/mol. The van der Waals surface area contributed by atoms with Gasteiger partial charge in [-0.05, 0) is 25.3 Å². The third-order valence-corrected chi connectivity index (χ3v) is 3.86. The number of methoxy groups -OCH3 is 1. The van der Waals surface area contributed by atoms with Crippen molar-refractivity contribution in [2.45, 2.75) is 19.4 Å². The van der Waals surface area contributed by atoms with Crippen molar-refractivity contribution >= 4 is 40.7 Å². The fraction of sp³-hybridized carbons (Fsp3) is 0.421. The van der Waals surface area contributed by atoms with Gasteiger partial charge in [0.25, 0.3) is 0 Å². The Morgan fingerprint density at radius 2 is 1.80 bits per heavy atom. The van der Waals surface area contributed by atoms with E-state index in [0.717, 1.165) is 17.1 Å². The average molecular weight is 457 g/mol. The van der Waals surface area contributed by atoms with Crippen LogP contribution in [0.1, 0.15) is 13.8 Å². The highest BCUT2D eigenvalue weighted by Crippen LogP contribution is 2.24. The van der Waals surface area contributed by atoms with Gasteiger partial charge in [-0.15, -0.1) is 24.0 Å². The molecule has 0 radical (unpaired) electrons. The SMILES string of the molecule is CN=C(NCCOc1cccc2ccccc12)NCC(C)(C)OC.I. The minimum Gasteiger partial charge on any atom is -0.491 e. The lowest BCUT2D eigenvalue weighted by Crippen LogP contribution is -2.46. The van der Waals surface area contributed by atoms with Gasteiger partial charge in [0.05, 0.1) is 12.1 Å². The lowest BCUT2D eigenvalue weighted by atomic mass is 10.1. The summed E-state index contributed by atoms with van der Waals surface area (Å²) in [6.45, 7) is 5.94. The van der Waals surface area contributed by atoms with Crippen LogP contribution in [0.4, 0.5) is 0 Å². The third kappa shape index (κ3) is 6.70. The number of aliphatic imine (C=N–C) groups is 1. The van der Waals surface area contributed by atoms with E-state index < -0.39 is 0 Å². The molecule has 0 aliphatic carbocycles. The second-order valence-corrected chi connectivity index (χ2v) is 6.14. The summed E-state index contributed by atoms with van der Waals surface area (Å²) in [5.74, 6) is 1.64. The van der Waals surface area contributed by atoms with E-state index in [4.69, 9.17) is 9.47 Å². The normalized spacial score (nSPS) is 11.8. The van der Waals surface area contributed by atoms with Crippen molar-refractivity contribution in [3.8, 4) is 5.75 Å². The number of rotatable bonds is 7. The van der Waals surface area contributed by atoms with E-state index in [1.807, 2.05) is 38.1 Å². The van der Waals surface area contributed by atoms with Crippen LogP contribution in [-0.4, -0.2) is 45.4 Å². The summed E-state index contributed by atoms with van der Waals surface area (Å²) in [4.78, 5) is 4.20. The van der Waals surface area contributed by atoms with E-state index in [9.17, 15) is 0 Å². The summed E-state index contributed by atoms with van der Waals surface area (Å²) in [6.07, 6.45) is 0. The van der Waals surface area contributed by atoms with Crippen LogP contribution in [0.15, 0.2) is 47.5 Å². The molecule has 0 atom stereocenters. The van der Waals surface area contributed by atoms with Gasteiger partial charge in [-0.2, -0.15) is 0 Å². The molecule has 0 fully saturated rings. The number of fused-ring (bicyclic) bond motifs is 1. The lowest BCUT2D eigenvalue weighted by Gasteiger charge is -2.24. The van der Waals surface area contributed by atoms with Gasteiger partial charge in [-0.1, -0.05) is 36.4 Å². The molecule has 25 heavy (non-hydrogen) atoms. The third-order valence-electron chi connectivity index (χ3n) is 3.86. The van der Waals surface area contributed by atoms with E-state index in [1.165, 1.54) is 5.39 Å². The average Bonchev–Trinajstić information content (AvgIpc) is 2.61. The molecule has 0 bridgehead atoms. The number of guanidine groups is 1. The summed E-state index contributed by atoms with van der Waals surface area (Å²) < 4.78 is 11.3. The fourth-order valence-electron chi connectivity index (χ4n) is 2.24. The summed E-state index contributed by atoms with van der Waals surface area (Å²) in [5, 5.41) is 8.80. The molecule has 0 aliphatic rings. The van der Waals surface area contributed by atoms with Crippen molar-refractivity contribution in [3.63, 3.8) is 0 Å². The van der Waals surface area contributed by atoms with Gasteiger partial charge in [0.15, 0.2) is 5.96 Å². The zero-order chi connectivity index (χ0) is 17.4. The molecule has 2 rings (SSSR count). The molecule has 2 aromatic carbocycles. The monoisotopic (exact) mass is 457 g/mol. The summed E-state index contributed by atoms with van der Waals surface area (Å²) in [6, 6.07) is 14.3. The highest BCUT2D eigenvalue weighted by atomic mass is 127. The van der Waals surface area contributed by atoms with Gasteiger partial charge in [0, 0.05) is 26.1 Å². The maximum Gasteiger partial charge on any atom is 0.191 e. The zero-order valence-corrected chi connectivity index (χ0v) is 17.7. The molecular formula is C19H28IN3O2. The molecule has 0 spiro atoms. The van der Waals surface area contributed by atoms with E-state index in [0.29, 0.717) is 19.7 Å². The van der Waals surface area contributed by atoms with Crippen molar-refractivity contribution in [1.29, 1.82) is 0 Å². The number of hydrogen-bond donors (Lipinski definition) is 2. The van der Waals surface area contributed by atoms with Crippen LogP contribution in [0, 0.1) is 0 Å². The Hall–Kier alpha value is -1.54. The number of benzene rings is 2. The fourth-order valence-corrected chi connectivity index (χ4v) is 2.24. The second-order valence-electron chi connectivity index (χ2n) is 6.14. The standard InChI is InChI=1S/C19H27N3O2.HI/c1-19(2,23-4)14-22-18(20-3)21-12-13-24-17-11-7-9-15-8-5-6-10-16(15)17;/h5-11H,12-14H2,1-4H3,(H2,20,21,22);1H. The second kappa shape index (κ2) is 10.5. The number of nitrogens with zero attached hydrogens (tertiary/aromatic N) is 1. The van der Waals surface area contributed by atoms with Crippen LogP contribution >= 0.6 is 24.0 Å². The van der Waals surface area contributed by atoms with Crippen LogP contribution in [0.25, 0.3) is 10.8 Å². The molecule has 0 aromatic heterocycles. The van der Waals surface area contributed by atoms with Crippen molar-refractivity contribution < 1.29 is 9.47 Å². The lowest BCUT2D eigenvalue weighted by molar-refractivity contribution is 0.0268.